The fourth-order valence-corrected chi connectivity index (χ4v) is 3.51. The summed E-state index contributed by atoms with van der Waals surface area (Å²) in [6, 6.07) is 13.4. The Balaban J connectivity index is 1.29. The molecule has 0 aromatic heterocycles. The molecule has 4 rings (SSSR count). The minimum atomic E-state index is -0.634. The van der Waals surface area contributed by atoms with Crippen molar-refractivity contribution in [3.05, 3.63) is 54.3 Å². The van der Waals surface area contributed by atoms with Crippen LogP contribution in [0.15, 0.2) is 48.5 Å². The van der Waals surface area contributed by atoms with E-state index in [0.717, 1.165) is 5.69 Å². The van der Waals surface area contributed by atoms with Crippen LogP contribution in [0.1, 0.15) is 0 Å². The number of carbonyl (C=O) groups is 1. The van der Waals surface area contributed by atoms with Gasteiger partial charge in [0.2, 0.25) is 6.10 Å². The highest BCUT2D eigenvalue weighted by atomic mass is 32.1. The van der Waals surface area contributed by atoms with Gasteiger partial charge >= 0.3 is 0 Å². The van der Waals surface area contributed by atoms with Gasteiger partial charge in [0, 0.05) is 31.9 Å². The standard InChI is InChI=1S/C20H20FN3O3S/c21-14-5-7-15(8-6-14)22-20(28)24-11-9-23(10-12-24)19(25)18-13-26-16-3-1-2-4-17(16)27-18/h1-8,18H,9-13H2,(H,22,28). The Labute approximate surface area is 167 Å². The van der Waals surface area contributed by atoms with Crippen LogP contribution in [0.25, 0.3) is 0 Å². The van der Waals surface area contributed by atoms with Crippen molar-refractivity contribution in [3.63, 3.8) is 0 Å². The number of hydrogen-bond acceptors (Lipinski definition) is 4. The topological polar surface area (TPSA) is 54.0 Å². The van der Waals surface area contributed by atoms with Gasteiger partial charge in [0.15, 0.2) is 16.6 Å². The third-order valence-electron chi connectivity index (χ3n) is 4.76. The van der Waals surface area contributed by atoms with Crippen molar-refractivity contribution in [1.29, 1.82) is 0 Å². The molecular weight excluding hydrogens is 381 g/mol. The Morgan fingerprint density at radius 3 is 2.36 bits per heavy atom. The van der Waals surface area contributed by atoms with E-state index in [1.54, 1.807) is 23.1 Å². The molecule has 146 valence electrons. The van der Waals surface area contributed by atoms with Crippen LogP contribution in [0.3, 0.4) is 0 Å². The van der Waals surface area contributed by atoms with Crippen molar-refractivity contribution in [1.82, 2.24) is 9.80 Å². The van der Waals surface area contributed by atoms with Crippen LogP contribution < -0.4 is 14.8 Å². The van der Waals surface area contributed by atoms with Crippen LogP contribution in [0.2, 0.25) is 0 Å². The quantitative estimate of drug-likeness (QED) is 0.781. The van der Waals surface area contributed by atoms with E-state index in [1.165, 1.54) is 12.1 Å². The number of nitrogens with one attached hydrogen (secondary N) is 1. The predicted octanol–water partition coefficient (Wildman–Crippen LogP) is 2.51. The number of piperazine rings is 1. The first-order valence-corrected chi connectivity index (χ1v) is 9.50. The molecule has 2 aromatic carbocycles. The monoisotopic (exact) mass is 401 g/mol. The first kappa shape index (κ1) is 18.5. The van der Waals surface area contributed by atoms with Crippen molar-refractivity contribution in [2.24, 2.45) is 0 Å². The molecule has 0 radical (unpaired) electrons. The summed E-state index contributed by atoms with van der Waals surface area (Å²) in [5.74, 6) is 0.885. The average molecular weight is 401 g/mol. The molecule has 1 atom stereocenters. The number of hydrogen-bond donors (Lipinski definition) is 1. The average Bonchev–Trinajstić information content (AvgIpc) is 2.74. The summed E-state index contributed by atoms with van der Waals surface area (Å²) in [5, 5.41) is 3.66. The van der Waals surface area contributed by atoms with Crippen molar-refractivity contribution in [2.45, 2.75) is 6.10 Å². The fourth-order valence-electron chi connectivity index (χ4n) is 3.21. The van der Waals surface area contributed by atoms with Crippen LogP contribution in [0.5, 0.6) is 11.5 Å². The summed E-state index contributed by atoms with van der Waals surface area (Å²) in [6.07, 6.45) is -0.634. The maximum absolute atomic E-state index is 13.0. The molecule has 28 heavy (non-hydrogen) atoms. The molecule has 2 aliphatic rings. The summed E-state index contributed by atoms with van der Waals surface area (Å²) in [7, 11) is 0. The molecule has 0 spiro atoms. The van der Waals surface area contributed by atoms with Gasteiger partial charge in [-0.2, -0.15) is 0 Å². The molecular formula is C20H20FN3O3S. The molecule has 8 heteroatoms. The molecule has 1 fully saturated rings. The minimum Gasteiger partial charge on any atom is -0.485 e. The largest absolute Gasteiger partial charge is 0.485 e. The van der Waals surface area contributed by atoms with Crippen LogP contribution in [0, 0.1) is 5.82 Å². The second-order valence-corrected chi connectivity index (χ2v) is 7.00. The lowest BCUT2D eigenvalue weighted by atomic mass is 10.2. The van der Waals surface area contributed by atoms with Crippen LogP contribution in [-0.4, -0.2) is 59.7 Å². The number of ether oxygens (including phenoxy) is 2. The van der Waals surface area contributed by atoms with Crippen molar-refractivity contribution in [2.75, 3.05) is 38.1 Å². The summed E-state index contributed by atoms with van der Waals surface area (Å²) in [6.45, 7) is 2.53. The number of rotatable bonds is 2. The molecule has 2 heterocycles. The second kappa shape index (κ2) is 8.02. The fraction of sp³-hybridized carbons (Fsp3) is 0.300. The molecule has 0 saturated carbocycles. The number of nitrogens with zero attached hydrogens (tertiary/aromatic N) is 2. The molecule has 1 amide bonds. The first-order valence-electron chi connectivity index (χ1n) is 9.09. The van der Waals surface area contributed by atoms with E-state index < -0.39 is 6.10 Å². The molecule has 1 unspecified atom stereocenters. The van der Waals surface area contributed by atoms with Gasteiger partial charge in [0.1, 0.15) is 12.4 Å². The lowest BCUT2D eigenvalue weighted by Gasteiger charge is -2.38. The van der Waals surface area contributed by atoms with E-state index >= 15 is 0 Å². The number of thiocarbonyl (C=S) groups is 1. The van der Waals surface area contributed by atoms with E-state index in [2.05, 4.69) is 5.32 Å². The molecule has 0 bridgehead atoms. The highest BCUT2D eigenvalue weighted by Crippen LogP contribution is 2.31. The van der Waals surface area contributed by atoms with E-state index in [1.807, 2.05) is 23.1 Å². The number of anilines is 1. The van der Waals surface area contributed by atoms with Crippen molar-refractivity contribution < 1.29 is 18.7 Å². The second-order valence-electron chi connectivity index (χ2n) is 6.61. The summed E-state index contributed by atoms with van der Waals surface area (Å²) < 4.78 is 24.5. The molecule has 1 saturated heterocycles. The smallest absolute Gasteiger partial charge is 0.267 e. The molecule has 0 aliphatic carbocycles. The van der Waals surface area contributed by atoms with Gasteiger partial charge in [-0.15, -0.1) is 0 Å². The van der Waals surface area contributed by atoms with E-state index in [4.69, 9.17) is 21.7 Å². The number of benzene rings is 2. The molecule has 6 nitrogen and oxygen atoms in total. The highest BCUT2D eigenvalue weighted by molar-refractivity contribution is 7.80. The third kappa shape index (κ3) is 4.01. The zero-order valence-corrected chi connectivity index (χ0v) is 16.0. The first-order chi connectivity index (χ1) is 13.6. The Morgan fingerprint density at radius 1 is 1.00 bits per heavy atom. The maximum atomic E-state index is 13.0. The predicted molar refractivity (Wildman–Crippen MR) is 107 cm³/mol. The Morgan fingerprint density at radius 2 is 1.64 bits per heavy atom. The molecule has 2 aromatic rings. The lowest BCUT2D eigenvalue weighted by Crippen LogP contribution is -2.55. The number of amides is 1. The summed E-state index contributed by atoms with van der Waals surface area (Å²) >= 11 is 5.43. The zero-order chi connectivity index (χ0) is 19.5. The van der Waals surface area contributed by atoms with Gasteiger partial charge < -0.3 is 24.6 Å². The van der Waals surface area contributed by atoms with E-state index in [9.17, 15) is 9.18 Å². The summed E-state index contributed by atoms with van der Waals surface area (Å²) in [4.78, 5) is 16.6. The Kier molecular flexibility index (Phi) is 5.29. The van der Waals surface area contributed by atoms with Gasteiger partial charge in [-0.1, -0.05) is 12.1 Å². The minimum absolute atomic E-state index is 0.0773. The van der Waals surface area contributed by atoms with Crippen LogP contribution in [-0.2, 0) is 4.79 Å². The molecule has 1 N–H and O–H groups in total. The lowest BCUT2D eigenvalue weighted by molar-refractivity contribution is -0.142. The van der Waals surface area contributed by atoms with E-state index in [-0.39, 0.29) is 18.3 Å². The van der Waals surface area contributed by atoms with Gasteiger partial charge in [-0.25, -0.2) is 4.39 Å². The zero-order valence-electron chi connectivity index (χ0n) is 15.1. The van der Waals surface area contributed by atoms with Crippen LogP contribution >= 0.6 is 12.2 Å². The number of carbonyl (C=O) groups excluding carboxylic acids is 1. The maximum Gasteiger partial charge on any atom is 0.267 e. The van der Waals surface area contributed by atoms with Gasteiger partial charge in [0.05, 0.1) is 0 Å². The SMILES string of the molecule is O=C(C1COc2ccccc2O1)N1CCN(C(=S)Nc2ccc(F)cc2)CC1. The number of para-hydroxylation sites is 2. The van der Waals surface area contributed by atoms with Gasteiger partial charge in [0.25, 0.3) is 5.91 Å². The normalized spacial score (nSPS) is 18.5. The molecule has 2 aliphatic heterocycles. The number of halogens is 1. The van der Waals surface area contributed by atoms with Crippen LogP contribution in [0.4, 0.5) is 10.1 Å². The summed E-state index contributed by atoms with van der Waals surface area (Å²) in [5.41, 5.74) is 0.733. The highest BCUT2D eigenvalue weighted by Gasteiger charge is 2.33. The van der Waals surface area contributed by atoms with E-state index in [0.29, 0.717) is 42.8 Å². The third-order valence-corrected chi connectivity index (χ3v) is 5.12. The van der Waals surface area contributed by atoms with Gasteiger partial charge in [-0.05, 0) is 48.6 Å². The van der Waals surface area contributed by atoms with Crippen molar-refractivity contribution >= 4 is 28.9 Å². The van der Waals surface area contributed by atoms with Crippen molar-refractivity contribution in [3.8, 4) is 11.5 Å². The Bertz CT molecular complexity index is 869. The number of fused-ring (bicyclic) bond motifs is 1. The Hall–Kier alpha value is -2.87. The van der Waals surface area contributed by atoms with Gasteiger partial charge in [-0.3, -0.25) is 4.79 Å².